The Morgan fingerprint density at radius 1 is 1.38 bits per heavy atom. The Morgan fingerprint density at radius 3 is 2.90 bits per heavy atom. The van der Waals surface area contributed by atoms with Crippen LogP contribution in [0.25, 0.3) is 0 Å². The summed E-state index contributed by atoms with van der Waals surface area (Å²) in [6.45, 7) is 0.695. The van der Waals surface area contributed by atoms with E-state index in [1.54, 1.807) is 17.4 Å². The maximum Gasteiger partial charge on any atom is 0.254 e. The zero-order valence-corrected chi connectivity index (χ0v) is 12.2. The van der Waals surface area contributed by atoms with E-state index in [1.807, 2.05) is 17.5 Å². The van der Waals surface area contributed by atoms with Gasteiger partial charge in [0, 0.05) is 17.0 Å². The van der Waals surface area contributed by atoms with Crippen LogP contribution in [0.4, 0.5) is 4.39 Å². The smallest absolute Gasteiger partial charge is 0.254 e. The van der Waals surface area contributed by atoms with Crippen molar-refractivity contribution in [2.75, 3.05) is 13.1 Å². The molecule has 1 aromatic carbocycles. The first-order valence-corrected chi connectivity index (χ1v) is 7.37. The lowest BCUT2D eigenvalue weighted by molar-refractivity contribution is 0.0950. The minimum atomic E-state index is -0.576. The average molecular weight is 302 g/mol. The van der Waals surface area contributed by atoms with Gasteiger partial charge in [0.05, 0.1) is 12.1 Å². The van der Waals surface area contributed by atoms with Crippen LogP contribution in [0.15, 0.2) is 35.7 Å². The molecule has 1 amide bonds. The number of benzene rings is 1. The predicted molar refractivity (Wildman–Crippen MR) is 82.7 cm³/mol. The fraction of sp³-hybridized carbons (Fsp3) is 0.188. The highest BCUT2D eigenvalue weighted by Crippen LogP contribution is 2.11. The predicted octanol–water partition coefficient (Wildman–Crippen LogP) is 2.17. The standard InChI is InChI=1S/C16H15FN2OS/c17-15-11-12(3-1-8-18)5-6-14(15)16(20)19-9-7-13-4-2-10-21-13/h2,4-6,10-11H,7-9,18H2,(H,19,20). The van der Waals surface area contributed by atoms with Crippen LogP contribution in [0.1, 0.15) is 20.8 Å². The first-order chi connectivity index (χ1) is 10.2. The molecule has 1 heterocycles. The number of hydrogen-bond acceptors (Lipinski definition) is 3. The molecule has 21 heavy (non-hydrogen) atoms. The highest BCUT2D eigenvalue weighted by atomic mass is 32.1. The van der Waals surface area contributed by atoms with E-state index in [9.17, 15) is 9.18 Å². The van der Waals surface area contributed by atoms with Crippen molar-refractivity contribution in [1.29, 1.82) is 0 Å². The van der Waals surface area contributed by atoms with Crippen LogP contribution in [0.2, 0.25) is 0 Å². The number of hydrogen-bond donors (Lipinski definition) is 2. The lowest BCUT2D eigenvalue weighted by Crippen LogP contribution is -2.26. The lowest BCUT2D eigenvalue weighted by Gasteiger charge is -2.05. The zero-order valence-electron chi connectivity index (χ0n) is 11.4. The molecular formula is C16H15FN2OS. The van der Waals surface area contributed by atoms with Crippen molar-refractivity contribution in [2.45, 2.75) is 6.42 Å². The summed E-state index contributed by atoms with van der Waals surface area (Å²) in [4.78, 5) is 13.1. The topological polar surface area (TPSA) is 55.1 Å². The van der Waals surface area contributed by atoms with E-state index >= 15 is 0 Å². The van der Waals surface area contributed by atoms with Gasteiger partial charge in [-0.25, -0.2) is 4.39 Å². The second-order valence-electron chi connectivity index (χ2n) is 4.29. The Morgan fingerprint density at radius 2 is 2.24 bits per heavy atom. The second kappa shape index (κ2) is 7.58. The number of carbonyl (C=O) groups excluding carboxylic acids is 1. The Labute approximate surface area is 127 Å². The Hall–Kier alpha value is -2.16. The van der Waals surface area contributed by atoms with Gasteiger partial charge in [0.1, 0.15) is 5.82 Å². The van der Waals surface area contributed by atoms with Crippen LogP contribution in [0, 0.1) is 17.7 Å². The monoisotopic (exact) mass is 302 g/mol. The molecule has 0 saturated carbocycles. The van der Waals surface area contributed by atoms with Crippen molar-refractivity contribution in [3.63, 3.8) is 0 Å². The maximum absolute atomic E-state index is 13.9. The van der Waals surface area contributed by atoms with E-state index in [0.717, 1.165) is 6.42 Å². The van der Waals surface area contributed by atoms with Crippen molar-refractivity contribution in [3.8, 4) is 11.8 Å². The number of nitrogens with one attached hydrogen (secondary N) is 1. The summed E-state index contributed by atoms with van der Waals surface area (Å²) in [5, 5.41) is 4.70. The summed E-state index contributed by atoms with van der Waals surface area (Å²) >= 11 is 1.63. The number of halogens is 1. The molecule has 0 atom stereocenters. The van der Waals surface area contributed by atoms with Crippen molar-refractivity contribution < 1.29 is 9.18 Å². The molecule has 108 valence electrons. The normalized spacial score (nSPS) is 9.81. The average Bonchev–Trinajstić information content (AvgIpc) is 2.98. The molecule has 3 nitrogen and oxygen atoms in total. The Balaban J connectivity index is 1.95. The van der Waals surface area contributed by atoms with Crippen molar-refractivity contribution in [3.05, 3.63) is 57.5 Å². The minimum Gasteiger partial charge on any atom is -0.352 e. The highest BCUT2D eigenvalue weighted by Gasteiger charge is 2.11. The van der Waals surface area contributed by atoms with Crippen LogP contribution >= 0.6 is 11.3 Å². The van der Waals surface area contributed by atoms with Gasteiger partial charge < -0.3 is 11.1 Å². The maximum atomic E-state index is 13.9. The summed E-state index contributed by atoms with van der Waals surface area (Å²) in [5.41, 5.74) is 5.79. The molecule has 3 N–H and O–H groups in total. The molecule has 0 aliphatic carbocycles. The van der Waals surface area contributed by atoms with Crippen molar-refractivity contribution in [2.24, 2.45) is 5.73 Å². The molecule has 0 bridgehead atoms. The van der Waals surface area contributed by atoms with Gasteiger partial charge in [-0.3, -0.25) is 4.79 Å². The van der Waals surface area contributed by atoms with E-state index in [0.29, 0.717) is 12.1 Å². The summed E-state index contributed by atoms with van der Waals surface area (Å²) in [6.07, 6.45) is 0.741. The summed E-state index contributed by atoms with van der Waals surface area (Å²) in [6, 6.07) is 8.26. The van der Waals surface area contributed by atoms with Gasteiger partial charge in [-0.15, -0.1) is 11.3 Å². The number of rotatable bonds is 4. The highest BCUT2D eigenvalue weighted by molar-refractivity contribution is 7.09. The van der Waals surface area contributed by atoms with Gasteiger partial charge in [0.2, 0.25) is 0 Å². The van der Waals surface area contributed by atoms with Gasteiger partial charge >= 0.3 is 0 Å². The van der Waals surface area contributed by atoms with E-state index in [4.69, 9.17) is 5.73 Å². The summed E-state index contributed by atoms with van der Waals surface area (Å²) in [7, 11) is 0. The summed E-state index contributed by atoms with van der Waals surface area (Å²) < 4.78 is 13.9. The van der Waals surface area contributed by atoms with Gasteiger partial charge in [-0.2, -0.15) is 0 Å². The molecular weight excluding hydrogens is 287 g/mol. The third-order valence-electron chi connectivity index (χ3n) is 2.79. The van der Waals surface area contributed by atoms with Crippen LogP contribution in [-0.2, 0) is 6.42 Å². The molecule has 2 aromatic rings. The third-order valence-corrected chi connectivity index (χ3v) is 3.72. The third kappa shape index (κ3) is 4.42. The molecule has 0 aliphatic heterocycles. The van der Waals surface area contributed by atoms with Crippen molar-refractivity contribution in [1.82, 2.24) is 5.32 Å². The second-order valence-corrected chi connectivity index (χ2v) is 5.32. The van der Waals surface area contributed by atoms with Crippen molar-refractivity contribution >= 4 is 17.2 Å². The number of thiophene rings is 1. The quantitative estimate of drug-likeness (QED) is 0.851. The number of amides is 1. The van der Waals surface area contributed by atoms with Crippen LogP contribution < -0.4 is 11.1 Å². The molecule has 5 heteroatoms. The van der Waals surface area contributed by atoms with Crippen LogP contribution in [0.3, 0.4) is 0 Å². The first-order valence-electron chi connectivity index (χ1n) is 6.50. The van der Waals surface area contributed by atoms with Crippen LogP contribution in [-0.4, -0.2) is 19.0 Å². The van der Waals surface area contributed by atoms with E-state index in [1.165, 1.54) is 17.0 Å². The van der Waals surface area contributed by atoms with Gasteiger partial charge in [0.25, 0.3) is 5.91 Å². The van der Waals surface area contributed by atoms with Gasteiger partial charge in [0.15, 0.2) is 0 Å². The number of nitrogens with two attached hydrogens (primary N) is 1. The van der Waals surface area contributed by atoms with Gasteiger partial charge in [-0.05, 0) is 36.1 Å². The molecule has 0 unspecified atom stereocenters. The fourth-order valence-electron chi connectivity index (χ4n) is 1.78. The fourth-order valence-corrected chi connectivity index (χ4v) is 2.49. The molecule has 0 saturated heterocycles. The molecule has 1 aromatic heterocycles. The SMILES string of the molecule is NCC#Cc1ccc(C(=O)NCCc2cccs2)c(F)c1. The van der Waals surface area contributed by atoms with Crippen LogP contribution in [0.5, 0.6) is 0 Å². The van der Waals surface area contributed by atoms with E-state index in [-0.39, 0.29) is 12.1 Å². The first kappa shape index (κ1) is 15.2. The van der Waals surface area contributed by atoms with E-state index in [2.05, 4.69) is 17.2 Å². The Bertz CT molecular complexity index is 671. The number of carbonyl (C=O) groups is 1. The molecule has 0 spiro atoms. The lowest BCUT2D eigenvalue weighted by atomic mass is 10.1. The minimum absolute atomic E-state index is 0.0273. The molecule has 2 rings (SSSR count). The largest absolute Gasteiger partial charge is 0.352 e. The van der Waals surface area contributed by atoms with Gasteiger partial charge in [-0.1, -0.05) is 17.9 Å². The molecule has 0 radical (unpaired) electrons. The van der Waals surface area contributed by atoms with E-state index < -0.39 is 11.7 Å². The molecule has 0 fully saturated rings. The Kier molecular flexibility index (Phi) is 5.50. The summed E-state index contributed by atoms with van der Waals surface area (Å²) in [5.74, 6) is 4.38. The molecule has 0 aliphatic rings. The zero-order chi connectivity index (χ0) is 15.1.